The minimum Gasteiger partial charge on any atom is -0.394 e. The monoisotopic (exact) mass is 320 g/mol. The largest absolute Gasteiger partial charge is 0.394 e. The number of rotatable bonds is 5. The molecule has 0 aromatic heterocycles. The molecule has 2 N–H and O–H groups in total. The number of nitrogens with one attached hydrogen (secondary N) is 1. The second-order valence-electron chi connectivity index (χ2n) is 7.13. The predicted octanol–water partition coefficient (Wildman–Crippen LogP) is 1.90. The van der Waals surface area contributed by atoms with Gasteiger partial charge in [0, 0.05) is 12.6 Å². The molecule has 2 amide bonds. The highest BCUT2D eigenvalue weighted by atomic mass is 16.3. The van der Waals surface area contributed by atoms with E-state index in [1.165, 1.54) is 4.90 Å². The van der Waals surface area contributed by atoms with Crippen LogP contribution >= 0.6 is 0 Å². The highest BCUT2D eigenvalue weighted by molar-refractivity contribution is 5.96. The molecule has 23 heavy (non-hydrogen) atoms. The van der Waals surface area contributed by atoms with Gasteiger partial charge in [0.15, 0.2) is 0 Å². The van der Waals surface area contributed by atoms with E-state index in [0.717, 1.165) is 11.1 Å². The fraction of sp³-hybridized carbons (Fsp3) is 0.556. The van der Waals surface area contributed by atoms with Crippen molar-refractivity contribution in [3.05, 3.63) is 34.9 Å². The lowest BCUT2D eigenvalue weighted by Gasteiger charge is -2.36. The van der Waals surface area contributed by atoms with E-state index in [9.17, 15) is 14.7 Å². The summed E-state index contributed by atoms with van der Waals surface area (Å²) in [5, 5.41) is 12.2. The lowest BCUT2D eigenvalue weighted by atomic mass is 9.86. The van der Waals surface area contributed by atoms with Gasteiger partial charge in [-0.3, -0.25) is 9.59 Å². The Bertz CT molecular complexity index is 556. The van der Waals surface area contributed by atoms with E-state index in [1.54, 1.807) is 19.2 Å². The van der Waals surface area contributed by atoms with Crippen molar-refractivity contribution in [2.75, 3.05) is 20.2 Å². The quantitative estimate of drug-likeness (QED) is 0.870. The Balaban J connectivity index is 2.70. The fourth-order valence-electron chi connectivity index (χ4n) is 2.64. The van der Waals surface area contributed by atoms with Gasteiger partial charge in [0.1, 0.15) is 0 Å². The van der Waals surface area contributed by atoms with Crippen LogP contribution in [0.4, 0.5) is 0 Å². The minimum atomic E-state index is -0.298. The number of nitrogens with zero attached hydrogens (tertiary/aromatic N) is 1. The molecule has 0 bridgehead atoms. The summed E-state index contributed by atoms with van der Waals surface area (Å²) in [7, 11) is 1.65. The zero-order valence-electron chi connectivity index (χ0n) is 14.9. The van der Waals surface area contributed by atoms with Gasteiger partial charge in [0.2, 0.25) is 5.91 Å². The highest BCUT2D eigenvalue weighted by Gasteiger charge is 2.30. The molecule has 0 radical (unpaired) electrons. The summed E-state index contributed by atoms with van der Waals surface area (Å²) in [6.07, 6.45) is 0. The van der Waals surface area contributed by atoms with Gasteiger partial charge in [-0.25, -0.2) is 0 Å². The summed E-state index contributed by atoms with van der Waals surface area (Å²) < 4.78 is 0. The van der Waals surface area contributed by atoms with Gasteiger partial charge in [-0.1, -0.05) is 38.0 Å². The van der Waals surface area contributed by atoms with Crippen LogP contribution in [0.15, 0.2) is 18.2 Å². The van der Waals surface area contributed by atoms with Gasteiger partial charge in [0.25, 0.3) is 5.91 Å². The Morgan fingerprint density at radius 1 is 1.17 bits per heavy atom. The standard InChI is InChI=1S/C18H28N2O3/c1-12-7-13(2)9-14(8-12)17(23)19-10-16(22)20(6)15(11-21)18(3,4)5/h7-9,15,21H,10-11H2,1-6H3,(H,19,23)/t15-/m1/s1. The lowest BCUT2D eigenvalue weighted by Crippen LogP contribution is -2.50. The molecule has 5 heteroatoms. The maximum atomic E-state index is 12.3. The van der Waals surface area contributed by atoms with Crippen molar-refractivity contribution in [1.29, 1.82) is 0 Å². The molecule has 0 saturated heterocycles. The molecule has 1 atom stereocenters. The van der Waals surface area contributed by atoms with Gasteiger partial charge in [-0.2, -0.15) is 0 Å². The summed E-state index contributed by atoms with van der Waals surface area (Å²) in [6, 6.07) is 5.28. The number of carbonyl (C=O) groups excluding carboxylic acids is 2. The van der Waals surface area contributed by atoms with E-state index in [0.29, 0.717) is 5.56 Å². The molecule has 1 aromatic rings. The molecule has 128 valence electrons. The molecule has 0 unspecified atom stereocenters. The van der Waals surface area contributed by atoms with E-state index in [-0.39, 0.29) is 36.4 Å². The Morgan fingerprint density at radius 2 is 1.70 bits per heavy atom. The number of aliphatic hydroxyl groups is 1. The van der Waals surface area contributed by atoms with E-state index in [1.807, 2.05) is 40.7 Å². The van der Waals surface area contributed by atoms with Gasteiger partial charge in [0.05, 0.1) is 19.2 Å². The van der Waals surface area contributed by atoms with Crippen LogP contribution in [0.25, 0.3) is 0 Å². The summed E-state index contributed by atoms with van der Waals surface area (Å²) in [5.41, 5.74) is 2.32. The van der Waals surface area contributed by atoms with Crippen LogP contribution in [0, 0.1) is 19.3 Å². The number of hydrogen-bond donors (Lipinski definition) is 2. The van der Waals surface area contributed by atoms with Crippen LogP contribution in [0.1, 0.15) is 42.3 Å². The molecular formula is C18H28N2O3. The SMILES string of the molecule is Cc1cc(C)cc(C(=O)NCC(=O)N(C)[C@H](CO)C(C)(C)C)c1. The molecule has 5 nitrogen and oxygen atoms in total. The van der Waals surface area contributed by atoms with Crippen molar-refractivity contribution in [3.63, 3.8) is 0 Å². The van der Waals surface area contributed by atoms with E-state index in [2.05, 4.69) is 5.32 Å². The van der Waals surface area contributed by atoms with Crippen molar-refractivity contribution >= 4 is 11.8 Å². The zero-order chi connectivity index (χ0) is 17.8. The van der Waals surface area contributed by atoms with Crippen LogP contribution in [0.3, 0.4) is 0 Å². The van der Waals surface area contributed by atoms with Crippen LogP contribution in [0.2, 0.25) is 0 Å². The van der Waals surface area contributed by atoms with Crippen LogP contribution < -0.4 is 5.32 Å². The van der Waals surface area contributed by atoms with Crippen molar-refractivity contribution in [3.8, 4) is 0 Å². The number of likely N-dealkylation sites (N-methyl/N-ethyl adjacent to an activating group) is 1. The Labute approximate surface area is 138 Å². The van der Waals surface area contributed by atoms with E-state index >= 15 is 0 Å². The summed E-state index contributed by atoms with van der Waals surface area (Å²) in [4.78, 5) is 25.9. The normalized spacial score (nSPS) is 12.7. The molecule has 0 spiro atoms. The third-order valence-electron chi connectivity index (χ3n) is 3.92. The maximum Gasteiger partial charge on any atom is 0.251 e. The fourth-order valence-corrected chi connectivity index (χ4v) is 2.64. The first kappa shape index (κ1) is 19.2. The van der Waals surface area contributed by atoms with Crippen molar-refractivity contribution in [2.24, 2.45) is 5.41 Å². The minimum absolute atomic E-state index is 0.0884. The second-order valence-corrected chi connectivity index (χ2v) is 7.13. The summed E-state index contributed by atoms with van der Waals surface area (Å²) in [6.45, 7) is 9.55. The van der Waals surface area contributed by atoms with Crippen LogP contribution in [-0.2, 0) is 4.79 Å². The number of carbonyl (C=O) groups is 2. The number of amides is 2. The number of aliphatic hydroxyl groups excluding tert-OH is 1. The third kappa shape index (κ3) is 5.36. The number of benzene rings is 1. The van der Waals surface area contributed by atoms with Crippen molar-refractivity contribution in [2.45, 2.75) is 40.7 Å². The highest BCUT2D eigenvalue weighted by Crippen LogP contribution is 2.23. The van der Waals surface area contributed by atoms with Gasteiger partial charge < -0.3 is 15.3 Å². The Morgan fingerprint density at radius 3 is 2.13 bits per heavy atom. The molecule has 0 fully saturated rings. The second kappa shape index (κ2) is 7.59. The van der Waals surface area contributed by atoms with Crippen LogP contribution in [-0.4, -0.2) is 48.1 Å². The average molecular weight is 320 g/mol. The predicted molar refractivity (Wildman–Crippen MR) is 91.3 cm³/mol. The number of aryl methyl sites for hydroxylation is 2. The molecule has 1 aromatic carbocycles. The number of hydrogen-bond acceptors (Lipinski definition) is 3. The Hall–Kier alpha value is -1.88. The maximum absolute atomic E-state index is 12.3. The van der Waals surface area contributed by atoms with Crippen molar-refractivity contribution in [1.82, 2.24) is 10.2 Å². The van der Waals surface area contributed by atoms with Gasteiger partial charge in [-0.05, 0) is 31.4 Å². The first-order valence-corrected chi connectivity index (χ1v) is 7.79. The third-order valence-corrected chi connectivity index (χ3v) is 3.92. The smallest absolute Gasteiger partial charge is 0.251 e. The summed E-state index contributed by atoms with van der Waals surface area (Å²) in [5.74, 6) is -0.494. The van der Waals surface area contributed by atoms with Gasteiger partial charge in [-0.15, -0.1) is 0 Å². The van der Waals surface area contributed by atoms with E-state index < -0.39 is 0 Å². The Kier molecular flexibility index (Phi) is 6.33. The molecule has 1 rings (SSSR count). The van der Waals surface area contributed by atoms with Crippen LogP contribution in [0.5, 0.6) is 0 Å². The topological polar surface area (TPSA) is 69.6 Å². The first-order valence-electron chi connectivity index (χ1n) is 7.79. The molecule has 0 saturated carbocycles. The molecule has 0 aliphatic rings. The van der Waals surface area contributed by atoms with Gasteiger partial charge >= 0.3 is 0 Å². The van der Waals surface area contributed by atoms with Crippen molar-refractivity contribution < 1.29 is 14.7 Å². The molecule has 0 aliphatic heterocycles. The first-order chi connectivity index (χ1) is 10.6. The van der Waals surface area contributed by atoms with E-state index in [4.69, 9.17) is 0 Å². The summed E-state index contributed by atoms with van der Waals surface area (Å²) >= 11 is 0. The average Bonchev–Trinajstić information content (AvgIpc) is 2.42. The molecular weight excluding hydrogens is 292 g/mol. The molecule has 0 heterocycles. The molecule has 0 aliphatic carbocycles. The lowest BCUT2D eigenvalue weighted by molar-refractivity contribution is -0.134. The zero-order valence-corrected chi connectivity index (χ0v) is 14.9.